The minimum Gasteiger partial charge on any atom is -0.379 e. The highest BCUT2D eigenvalue weighted by molar-refractivity contribution is 7.47. The van der Waals surface area contributed by atoms with Crippen LogP contribution in [0, 0.1) is 0 Å². The van der Waals surface area contributed by atoms with Gasteiger partial charge < -0.3 is 20.1 Å². The van der Waals surface area contributed by atoms with Crippen LogP contribution in [-0.2, 0) is 23.1 Å². The minimum atomic E-state index is -4.14. The topological polar surface area (TPSA) is 100 Å². The second kappa shape index (κ2) is 36.3. The van der Waals surface area contributed by atoms with E-state index in [2.05, 4.69) is 38.2 Å². The van der Waals surface area contributed by atoms with Gasteiger partial charge in [0.2, 0.25) is 0 Å². The van der Waals surface area contributed by atoms with Crippen LogP contribution in [0.3, 0.4) is 0 Å². The van der Waals surface area contributed by atoms with Crippen molar-refractivity contribution < 1.29 is 28.0 Å². The van der Waals surface area contributed by atoms with Gasteiger partial charge in [0.15, 0.2) is 0 Å². The van der Waals surface area contributed by atoms with E-state index in [4.69, 9.17) is 24.3 Å². The maximum absolute atomic E-state index is 12.1. The van der Waals surface area contributed by atoms with Gasteiger partial charge in [0.05, 0.1) is 19.8 Å². The molecule has 0 saturated carbocycles. The van der Waals surface area contributed by atoms with E-state index in [0.717, 1.165) is 25.7 Å². The van der Waals surface area contributed by atoms with E-state index in [0.29, 0.717) is 19.8 Å². The second-order valence-corrected chi connectivity index (χ2v) is 13.9. The summed E-state index contributed by atoms with van der Waals surface area (Å²) < 4.78 is 34.0. The van der Waals surface area contributed by atoms with Crippen LogP contribution in [0.15, 0.2) is 24.3 Å². The lowest BCUT2D eigenvalue weighted by Gasteiger charge is -2.20. The van der Waals surface area contributed by atoms with Crippen LogP contribution in [0.25, 0.3) is 0 Å². The lowest BCUT2D eigenvalue weighted by atomic mass is 10.1. The van der Waals surface area contributed by atoms with Gasteiger partial charge in [-0.1, -0.05) is 128 Å². The van der Waals surface area contributed by atoms with Crippen LogP contribution in [0.2, 0.25) is 0 Å². The summed E-state index contributed by atoms with van der Waals surface area (Å²) in [4.78, 5) is 9.86. The molecule has 0 aliphatic heterocycles. The molecule has 0 saturated heterocycles. The van der Waals surface area contributed by atoms with Crippen molar-refractivity contribution in [2.75, 3.05) is 39.6 Å². The van der Waals surface area contributed by atoms with Crippen LogP contribution in [0.5, 0.6) is 0 Å². The van der Waals surface area contributed by atoms with Crippen molar-refractivity contribution in [3.05, 3.63) is 24.3 Å². The molecule has 0 radical (unpaired) electrons. The molecule has 0 bridgehead atoms. The SMILES string of the molecule is CCCCCC/C=C\CCCCCCCCOC[C@H](COP(=O)(O)OCCN)OCCCCCCCC/C=C\CCCCCC. The van der Waals surface area contributed by atoms with Crippen molar-refractivity contribution in [3.63, 3.8) is 0 Å². The fourth-order valence-corrected chi connectivity index (χ4v) is 5.85. The molecule has 2 atom stereocenters. The summed E-state index contributed by atoms with van der Waals surface area (Å²) >= 11 is 0. The zero-order valence-corrected chi connectivity index (χ0v) is 30.5. The first-order valence-electron chi connectivity index (χ1n) is 18.9. The van der Waals surface area contributed by atoms with Gasteiger partial charge in [-0.25, -0.2) is 4.57 Å². The summed E-state index contributed by atoms with van der Waals surface area (Å²) in [6.07, 6.45) is 38.9. The summed E-state index contributed by atoms with van der Waals surface area (Å²) in [5.74, 6) is 0. The zero-order valence-electron chi connectivity index (χ0n) is 29.6. The molecule has 3 N–H and O–H groups in total. The van der Waals surface area contributed by atoms with Crippen molar-refractivity contribution in [1.29, 1.82) is 0 Å². The molecule has 0 fully saturated rings. The summed E-state index contributed by atoms with van der Waals surface area (Å²) in [5.41, 5.74) is 5.37. The molecule has 0 aromatic rings. The Labute approximate surface area is 279 Å². The molecule has 1 unspecified atom stereocenters. The molecular formula is C37H74NO6P. The van der Waals surface area contributed by atoms with Crippen LogP contribution >= 0.6 is 7.82 Å². The Morgan fingerprint density at radius 3 is 1.44 bits per heavy atom. The number of hydrogen-bond donors (Lipinski definition) is 2. The highest BCUT2D eigenvalue weighted by atomic mass is 31.2. The Morgan fingerprint density at radius 2 is 0.978 bits per heavy atom. The van der Waals surface area contributed by atoms with E-state index in [1.165, 1.54) is 128 Å². The Morgan fingerprint density at radius 1 is 0.556 bits per heavy atom. The van der Waals surface area contributed by atoms with Crippen molar-refractivity contribution in [2.24, 2.45) is 5.73 Å². The number of rotatable bonds is 37. The van der Waals surface area contributed by atoms with Gasteiger partial charge in [0, 0.05) is 19.8 Å². The fourth-order valence-electron chi connectivity index (χ4n) is 5.09. The third-order valence-electron chi connectivity index (χ3n) is 7.91. The predicted octanol–water partition coefficient (Wildman–Crippen LogP) is 11.0. The van der Waals surface area contributed by atoms with Gasteiger partial charge in [0.25, 0.3) is 0 Å². The quantitative estimate of drug-likeness (QED) is 0.0389. The summed E-state index contributed by atoms with van der Waals surface area (Å²) in [6, 6.07) is 0. The van der Waals surface area contributed by atoms with E-state index in [-0.39, 0.29) is 19.8 Å². The van der Waals surface area contributed by atoms with E-state index >= 15 is 0 Å². The zero-order chi connectivity index (χ0) is 32.9. The Kier molecular flexibility index (Phi) is 35.9. The molecule has 0 amide bonds. The monoisotopic (exact) mass is 660 g/mol. The summed E-state index contributed by atoms with van der Waals surface area (Å²) in [5, 5.41) is 0. The first-order chi connectivity index (χ1) is 22.1. The molecule has 45 heavy (non-hydrogen) atoms. The molecule has 0 aromatic carbocycles. The van der Waals surface area contributed by atoms with Gasteiger partial charge in [-0.3, -0.25) is 9.05 Å². The molecule has 8 heteroatoms. The molecule has 0 aliphatic carbocycles. The van der Waals surface area contributed by atoms with Gasteiger partial charge in [0.1, 0.15) is 6.10 Å². The molecule has 0 aliphatic rings. The molecule has 0 heterocycles. The van der Waals surface area contributed by atoms with Crippen LogP contribution in [-0.4, -0.2) is 50.6 Å². The molecule has 268 valence electrons. The third-order valence-corrected chi connectivity index (χ3v) is 8.89. The number of allylic oxidation sites excluding steroid dienone is 4. The molecular weight excluding hydrogens is 585 g/mol. The fraction of sp³-hybridized carbons (Fsp3) is 0.892. The molecule has 0 spiro atoms. The number of phosphoric acid groups is 1. The minimum absolute atomic E-state index is 0.0268. The van der Waals surface area contributed by atoms with Crippen LogP contribution in [0.1, 0.15) is 168 Å². The van der Waals surface area contributed by atoms with Crippen LogP contribution in [0.4, 0.5) is 0 Å². The number of phosphoric ester groups is 1. The average molecular weight is 660 g/mol. The maximum atomic E-state index is 12.1. The lowest BCUT2D eigenvalue weighted by molar-refractivity contribution is -0.0443. The largest absolute Gasteiger partial charge is 0.472 e. The summed E-state index contributed by atoms with van der Waals surface area (Å²) in [6.45, 7) is 6.19. The number of ether oxygens (including phenoxy) is 2. The van der Waals surface area contributed by atoms with E-state index in [1.54, 1.807) is 0 Å². The van der Waals surface area contributed by atoms with Crippen molar-refractivity contribution in [2.45, 2.75) is 174 Å². The van der Waals surface area contributed by atoms with Crippen molar-refractivity contribution >= 4 is 7.82 Å². The van der Waals surface area contributed by atoms with Gasteiger partial charge in [-0.15, -0.1) is 0 Å². The van der Waals surface area contributed by atoms with Crippen LogP contribution < -0.4 is 5.73 Å². The molecule has 0 rings (SSSR count). The van der Waals surface area contributed by atoms with E-state index in [9.17, 15) is 9.46 Å². The first kappa shape index (κ1) is 44.5. The van der Waals surface area contributed by atoms with Gasteiger partial charge in [-0.2, -0.15) is 0 Å². The predicted molar refractivity (Wildman–Crippen MR) is 192 cm³/mol. The number of unbranched alkanes of at least 4 members (excludes halogenated alkanes) is 20. The number of hydrogen-bond acceptors (Lipinski definition) is 6. The van der Waals surface area contributed by atoms with Gasteiger partial charge in [-0.05, 0) is 64.2 Å². The highest BCUT2D eigenvalue weighted by Gasteiger charge is 2.23. The lowest BCUT2D eigenvalue weighted by Crippen LogP contribution is -2.26. The van der Waals surface area contributed by atoms with Crippen molar-refractivity contribution in [3.8, 4) is 0 Å². The molecule has 0 aromatic heterocycles. The maximum Gasteiger partial charge on any atom is 0.472 e. The van der Waals surface area contributed by atoms with Gasteiger partial charge >= 0.3 is 7.82 Å². The first-order valence-corrected chi connectivity index (χ1v) is 20.4. The Bertz CT molecular complexity index is 690. The second-order valence-electron chi connectivity index (χ2n) is 12.4. The Hall–Kier alpha value is -0.530. The normalized spacial score (nSPS) is 14.1. The number of nitrogens with two attached hydrogens (primary N) is 1. The third kappa shape index (κ3) is 36.2. The standard InChI is InChI=1S/C37H74NO6P/c1-3-5-7-9-11-13-15-17-19-21-23-25-27-29-32-41-35-37(36-44-45(39,40)43-34-31-38)42-33-30-28-26-24-22-20-18-16-14-12-10-8-6-4-2/h13-16,37H,3-12,17-36,38H2,1-2H3,(H,39,40)/b15-13-,16-14-/t37-/m1/s1. The smallest absolute Gasteiger partial charge is 0.379 e. The van der Waals surface area contributed by atoms with Crippen molar-refractivity contribution in [1.82, 2.24) is 0 Å². The highest BCUT2D eigenvalue weighted by Crippen LogP contribution is 2.43. The Balaban J connectivity index is 3.97. The molecule has 7 nitrogen and oxygen atoms in total. The summed E-state index contributed by atoms with van der Waals surface area (Å²) in [7, 11) is -4.14. The van der Waals surface area contributed by atoms with E-state index < -0.39 is 13.9 Å². The average Bonchev–Trinajstić information content (AvgIpc) is 3.03. The van der Waals surface area contributed by atoms with E-state index in [1.807, 2.05) is 0 Å².